The van der Waals surface area contributed by atoms with Gasteiger partial charge in [-0.2, -0.15) is 0 Å². The first-order valence-corrected chi connectivity index (χ1v) is 9.77. The van der Waals surface area contributed by atoms with E-state index in [-0.39, 0.29) is 10.8 Å². The van der Waals surface area contributed by atoms with Gasteiger partial charge in [0.05, 0.1) is 16.2 Å². The maximum atomic E-state index is 14.3. The highest BCUT2D eigenvalue weighted by Gasteiger charge is 2.35. The number of aromatic nitrogens is 1. The average Bonchev–Trinajstić information content (AvgIpc) is 2.92. The Bertz CT molecular complexity index is 694. The van der Waals surface area contributed by atoms with E-state index in [4.69, 9.17) is 11.6 Å². The summed E-state index contributed by atoms with van der Waals surface area (Å²) in [7, 11) is 0. The molecule has 6 heteroatoms. The van der Waals surface area contributed by atoms with Gasteiger partial charge in [0.1, 0.15) is 5.82 Å². The summed E-state index contributed by atoms with van der Waals surface area (Å²) in [5.74, 6) is 0.392. The third-order valence-corrected chi connectivity index (χ3v) is 6.10. The Kier molecular flexibility index (Phi) is 4.86. The summed E-state index contributed by atoms with van der Waals surface area (Å²) in [6.07, 6.45) is 2.47. The van der Waals surface area contributed by atoms with Gasteiger partial charge >= 0.3 is 0 Å². The number of halogens is 2. The molecule has 0 amide bonds. The maximum Gasteiger partial charge on any atom is 0.146 e. The first kappa shape index (κ1) is 16.5. The summed E-state index contributed by atoms with van der Waals surface area (Å²) in [6.45, 7) is 4.77. The van der Waals surface area contributed by atoms with Crippen LogP contribution >= 0.6 is 22.9 Å². The van der Waals surface area contributed by atoms with Crippen molar-refractivity contribution in [2.75, 3.05) is 19.6 Å². The SMILES string of the molecule is Fc1c(Cl)cccc1CN1C[C@H]2CC[C@@H]1CN(Cc1cscn1)C2. The van der Waals surface area contributed by atoms with Gasteiger partial charge in [-0.15, -0.1) is 11.3 Å². The fraction of sp³-hybridized carbons (Fsp3) is 0.500. The summed E-state index contributed by atoms with van der Waals surface area (Å²) in [6, 6.07) is 5.80. The van der Waals surface area contributed by atoms with Crippen LogP contribution in [-0.4, -0.2) is 40.5 Å². The third-order valence-electron chi connectivity index (χ3n) is 5.18. The van der Waals surface area contributed by atoms with Gasteiger partial charge in [-0.05, 0) is 24.8 Å². The fourth-order valence-corrected chi connectivity index (χ4v) is 4.78. The van der Waals surface area contributed by atoms with Gasteiger partial charge in [-0.3, -0.25) is 9.80 Å². The second-order valence-corrected chi connectivity index (χ2v) is 8.04. The molecule has 3 nitrogen and oxygen atoms in total. The molecule has 2 aromatic rings. The van der Waals surface area contributed by atoms with Crippen LogP contribution in [0.1, 0.15) is 24.1 Å². The summed E-state index contributed by atoms with van der Waals surface area (Å²) in [4.78, 5) is 9.39. The standard InChI is InChI=1S/C18H21ClFN3S/c19-17-3-1-2-14(18(17)20)8-23-7-13-4-5-16(23)10-22(6-13)9-15-11-24-12-21-15/h1-3,11-13,16H,4-10H2/t13-,16+/m0/s1. The van der Waals surface area contributed by atoms with Crippen molar-refractivity contribution in [2.24, 2.45) is 5.92 Å². The Morgan fingerprint density at radius 3 is 2.96 bits per heavy atom. The van der Waals surface area contributed by atoms with Gasteiger partial charge in [0.15, 0.2) is 0 Å². The van der Waals surface area contributed by atoms with Crippen molar-refractivity contribution in [1.29, 1.82) is 0 Å². The minimum atomic E-state index is -0.265. The molecule has 3 aliphatic rings. The van der Waals surface area contributed by atoms with E-state index in [2.05, 4.69) is 20.2 Å². The number of thiazole rings is 1. The van der Waals surface area contributed by atoms with Gasteiger partial charge in [0, 0.05) is 49.7 Å². The van der Waals surface area contributed by atoms with Crippen molar-refractivity contribution in [2.45, 2.75) is 32.0 Å². The molecule has 1 aromatic heterocycles. The highest BCUT2D eigenvalue weighted by atomic mass is 35.5. The number of fused-ring (bicyclic) bond motifs is 4. The lowest BCUT2D eigenvalue weighted by atomic mass is 9.94. The van der Waals surface area contributed by atoms with E-state index in [1.54, 1.807) is 17.4 Å². The maximum absolute atomic E-state index is 14.3. The van der Waals surface area contributed by atoms with Gasteiger partial charge in [-0.25, -0.2) is 9.37 Å². The van der Waals surface area contributed by atoms with E-state index in [0.29, 0.717) is 24.1 Å². The lowest BCUT2D eigenvalue weighted by Gasteiger charge is -2.36. The second kappa shape index (κ2) is 7.08. The van der Waals surface area contributed by atoms with Crippen LogP contribution in [0.3, 0.4) is 0 Å². The van der Waals surface area contributed by atoms with E-state index in [0.717, 1.165) is 31.9 Å². The quantitative estimate of drug-likeness (QED) is 0.815. The molecule has 0 saturated carbocycles. The predicted octanol–water partition coefficient (Wildman–Crippen LogP) is 4.03. The number of piperidine rings is 1. The smallest absolute Gasteiger partial charge is 0.146 e. The van der Waals surface area contributed by atoms with E-state index in [9.17, 15) is 4.39 Å². The monoisotopic (exact) mass is 365 g/mol. The van der Waals surface area contributed by atoms with E-state index in [1.807, 2.05) is 17.6 Å². The summed E-state index contributed by atoms with van der Waals surface area (Å²) in [5.41, 5.74) is 3.77. The Labute approximate surface area is 151 Å². The second-order valence-electron chi connectivity index (χ2n) is 6.91. The zero-order valence-corrected chi connectivity index (χ0v) is 15.1. The first-order chi connectivity index (χ1) is 11.7. The first-order valence-electron chi connectivity index (χ1n) is 8.45. The molecule has 0 N–H and O–H groups in total. The molecule has 0 radical (unpaired) electrons. The van der Waals surface area contributed by atoms with Crippen LogP contribution < -0.4 is 0 Å². The van der Waals surface area contributed by atoms with Crippen LogP contribution in [0.2, 0.25) is 5.02 Å². The molecular weight excluding hydrogens is 345 g/mol. The fourth-order valence-electron chi connectivity index (χ4n) is 4.03. The molecule has 24 heavy (non-hydrogen) atoms. The Morgan fingerprint density at radius 1 is 1.21 bits per heavy atom. The molecule has 3 aliphatic heterocycles. The number of hydrogen-bond acceptors (Lipinski definition) is 4. The van der Waals surface area contributed by atoms with E-state index in [1.165, 1.54) is 12.8 Å². The van der Waals surface area contributed by atoms with Crippen molar-refractivity contribution >= 4 is 22.9 Å². The molecule has 1 aromatic carbocycles. The molecule has 0 aliphatic carbocycles. The normalized spacial score (nSPS) is 25.1. The highest BCUT2D eigenvalue weighted by Crippen LogP contribution is 2.31. The van der Waals surface area contributed by atoms with Crippen LogP contribution in [0.4, 0.5) is 4.39 Å². The Hall–Kier alpha value is -1.01. The molecule has 3 fully saturated rings. The van der Waals surface area contributed by atoms with Crippen molar-refractivity contribution in [3.63, 3.8) is 0 Å². The molecular formula is C18H21ClFN3S. The van der Waals surface area contributed by atoms with E-state index < -0.39 is 0 Å². The summed E-state index contributed by atoms with van der Waals surface area (Å²) < 4.78 is 14.3. The number of rotatable bonds is 4. The molecule has 0 unspecified atom stereocenters. The molecule has 2 bridgehead atoms. The Morgan fingerprint density at radius 2 is 2.12 bits per heavy atom. The Balaban J connectivity index is 1.47. The van der Waals surface area contributed by atoms with Crippen LogP contribution in [0.5, 0.6) is 0 Å². The topological polar surface area (TPSA) is 19.4 Å². The summed E-state index contributed by atoms with van der Waals surface area (Å²) in [5, 5.41) is 2.35. The molecule has 0 spiro atoms. The lowest BCUT2D eigenvalue weighted by Crippen LogP contribution is -2.43. The zero-order valence-electron chi connectivity index (χ0n) is 13.5. The minimum absolute atomic E-state index is 0.220. The van der Waals surface area contributed by atoms with Crippen LogP contribution in [-0.2, 0) is 13.1 Å². The van der Waals surface area contributed by atoms with Gasteiger partial charge < -0.3 is 0 Å². The highest BCUT2D eigenvalue weighted by molar-refractivity contribution is 7.07. The number of benzene rings is 1. The number of nitrogens with zero attached hydrogens (tertiary/aromatic N) is 3. The minimum Gasteiger partial charge on any atom is -0.296 e. The van der Waals surface area contributed by atoms with Crippen LogP contribution in [0.25, 0.3) is 0 Å². The molecule has 3 saturated heterocycles. The van der Waals surface area contributed by atoms with Crippen molar-refractivity contribution < 1.29 is 4.39 Å². The lowest BCUT2D eigenvalue weighted by molar-refractivity contribution is 0.121. The molecule has 128 valence electrons. The predicted molar refractivity (Wildman–Crippen MR) is 95.7 cm³/mol. The third kappa shape index (κ3) is 3.49. The van der Waals surface area contributed by atoms with Crippen molar-refractivity contribution in [1.82, 2.24) is 14.8 Å². The largest absolute Gasteiger partial charge is 0.296 e. The van der Waals surface area contributed by atoms with Gasteiger partial charge in [0.25, 0.3) is 0 Å². The number of hydrogen-bond donors (Lipinski definition) is 0. The van der Waals surface area contributed by atoms with Crippen LogP contribution in [0, 0.1) is 11.7 Å². The van der Waals surface area contributed by atoms with Gasteiger partial charge in [-0.1, -0.05) is 23.7 Å². The molecule has 4 heterocycles. The van der Waals surface area contributed by atoms with Crippen molar-refractivity contribution in [3.8, 4) is 0 Å². The average molecular weight is 366 g/mol. The zero-order chi connectivity index (χ0) is 16.5. The molecule has 5 rings (SSSR count). The van der Waals surface area contributed by atoms with Gasteiger partial charge in [0.2, 0.25) is 0 Å². The van der Waals surface area contributed by atoms with Crippen LogP contribution in [0.15, 0.2) is 29.1 Å². The molecule has 2 atom stereocenters. The summed E-state index contributed by atoms with van der Waals surface area (Å²) >= 11 is 7.59. The van der Waals surface area contributed by atoms with E-state index >= 15 is 0 Å². The van der Waals surface area contributed by atoms with Crippen molar-refractivity contribution in [3.05, 3.63) is 51.2 Å².